The fourth-order valence-electron chi connectivity index (χ4n) is 2.21. The highest BCUT2D eigenvalue weighted by molar-refractivity contribution is 5.85. The van der Waals surface area contributed by atoms with Crippen LogP contribution < -0.4 is 5.11 Å². The van der Waals surface area contributed by atoms with E-state index in [1.807, 2.05) is 30.3 Å². The maximum Gasteiger partial charge on any atom is 0.123 e. The smallest absolute Gasteiger partial charge is 0.123 e. The zero-order valence-electron chi connectivity index (χ0n) is 12.0. The Bertz CT molecular complexity index is 852. The second-order valence-corrected chi connectivity index (χ2v) is 4.87. The predicted octanol–water partition coefficient (Wildman–Crippen LogP) is 2.44. The van der Waals surface area contributed by atoms with Crippen molar-refractivity contribution >= 4 is 12.0 Å². The molecule has 0 spiro atoms. The van der Waals surface area contributed by atoms with Crippen LogP contribution in [0.25, 0.3) is 23.0 Å². The van der Waals surface area contributed by atoms with E-state index in [0.29, 0.717) is 16.8 Å². The Hall–Kier alpha value is -3.21. The van der Waals surface area contributed by atoms with Gasteiger partial charge in [0.2, 0.25) is 0 Å². The topological polar surface area (TPSA) is 57.9 Å². The summed E-state index contributed by atoms with van der Waals surface area (Å²) in [5.41, 5.74) is 2.69. The number of carboxylic acid groups (broad SMARTS) is 1. The second-order valence-electron chi connectivity index (χ2n) is 4.87. The normalized spacial score (nSPS) is 11.0. The Morgan fingerprint density at radius 1 is 1.09 bits per heavy atom. The molecule has 23 heavy (non-hydrogen) atoms. The van der Waals surface area contributed by atoms with Crippen LogP contribution in [0.1, 0.15) is 5.56 Å². The molecule has 0 aliphatic carbocycles. The van der Waals surface area contributed by atoms with Crippen LogP contribution in [0.15, 0.2) is 66.9 Å². The number of carbonyl (C=O) groups excluding carboxylic acids is 1. The zero-order chi connectivity index (χ0) is 16.2. The first kappa shape index (κ1) is 14.7. The van der Waals surface area contributed by atoms with Crippen molar-refractivity contribution in [1.29, 1.82) is 0 Å². The van der Waals surface area contributed by atoms with Crippen LogP contribution in [0.5, 0.6) is 0 Å². The number of rotatable bonds is 4. The molecule has 0 N–H and O–H groups in total. The maximum absolute atomic E-state index is 13.1. The van der Waals surface area contributed by atoms with Gasteiger partial charge in [0.25, 0.3) is 0 Å². The molecule has 0 radical (unpaired) electrons. The Morgan fingerprint density at radius 2 is 1.78 bits per heavy atom. The van der Waals surface area contributed by atoms with E-state index in [4.69, 9.17) is 0 Å². The number of para-hydroxylation sites is 1. The number of carboxylic acids is 1. The quantitative estimate of drug-likeness (QED) is 0.696. The summed E-state index contributed by atoms with van der Waals surface area (Å²) >= 11 is 0. The van der Waals surface area contributed by atoms with Crippen molar-refractivity contribution < 1.29 is 14.3 Å². The minimum atomic E-state index is -1.29. The second kappa shape index (κ2) is 6.27. The Morgan fingerprint density at radius 3 is 2.43 bits per heavy atom. The van der Waals surface area contributed by atoms with Crippen molar-refractivity contribution in [2.45, 2.75) is 0 Å². The lowest BCUT2D eigenvalue weighted by Crippen LogP contribution is -2.18. The van der Waals surface area contributed by atoms with Gasteiger partial charge in [0, 0.05) is 17.3 Å². The number of nitrogens with zero attached hydrogens (tertiary/aromatic N) is 2. The summed E-state index contributed by atoms with van der Waals surface area (Å²) in [5, 5.41) is 15.2. The van der Waals surface area contributed by atoms with Gasteiger partial charge in [0.15, 0.2) is 0 Å². The van der Waals surface area contributed by atoms with Crippen LogP contribution in [-0.2, 0) is 4.79 Å². The largest absolute Gasteiger partial charge is 0.545 e. The number of aliphatic carboxylic acids is 1. The zero-order valence-corrected chi connectivity index (χ0v) is 12.0. The third kappa shape index (κ3) is 3.35. The molecule has 4 nitrogen and oxygen atoms in total. The molecular weight excluding hydrogens is 295 g/mol. The summed E-state index contributed by atoms with van der Waals surface area (Å²) in [6, 6.07) is 15.3. The maximum atomic E-state index is 13.1. The van der Waals surface area contributed by atoms with Gasteiger partial charge in [-0.05, 0) is 48.6 Å². The highest BCUT2D eigenvalue weighted by atomic mass is 19.1. The number of hydrogen-bond acceptors (Lipinski definition) is 3. The average Bonchev–Trinajstić information content (AvgIpc) is 2.99. The lowest BCUT2D eigenvalue weighted by Gasteiger charge is -2.00. The Labute approximate surface area is 132 Å². The van der Waals surface area contributed by atoms with E-state index in [9.17, 15) is 14.3 Å². The van der Waals surface area contributed by atoms with Gasteiger partial charge >= 0.3 is 0 Å². The van der Waals surface area contributed by atoms with Crippen LogP contribution in [0.2, 0.25) is 0 Å². The van der Waals surface area contributed by atoms with Gasteiger partial charge in [-0.1, -0.05) is 18.2 Å². The summed E-state index contributed by atoms with van der Waals surface area (Å²) in [4.78, 5) is 10.7. The molecule has 0 aliphatic rings. The van der Waals surface area contributed by atoms with Gasteiger partial charge in [-0.25, -0.2) is 9.07 Å². The van der Waals surface area contributed by atoms with Crippen molar-refractivity contribution in [2.24, 2.45) is 0 Å². The van der Waals surface area contributed by atoms with Gasteiger partial charge < -0.3 is 9.90 Å². The molecule has 0 aliphatic heterocycles. The van der Waals surface area contributed by atoms with E-state index in [0.717, 1.165) is 11.8 Å². The molecule has 0 bridgehead atoms. The van der Waals surface area contributed by atoms with Gasteiger partial charge in [-0.2, -0.15) is 5.10 Å². The molecule has 1 aromatic heterocycles. The van der Waals surface area contributed by atoms with E-state index in [2.05, 4.69) is 5.10 Å². The summed E-state index contributed by atoms with van der Waals surface area (Å²) in [7, 11) is 0. The fourth-order valence-corrected chi connectivity index (χ4v) is 2.21. The summed E-state index contributed by atoms with van der Waals surface area (Å²) < 4.78 is 14.7. The third-order valence-corrected chi connectivity index (χ3v) is 3.28. The highest BCUT2D eigenvalue weighted by Crippen LogP contribution is 2.25. The molecule has 0 atom stereocenters. The van der Waals surface area contributed by atoms with Crippen molar-refractivity contribution in [3.05, 3.63) is 78.3 Å². The Balaban J connectivity index is 2.10. The molecule has 3 rings (SSSR count). The standard InChI is InChI=1S/C18H13FN2O2/c19-15-9-6-13(7-10-15)18-14(8-11-17(22)23)12-21(20-18)16-4-2-1-3-5-16/h1-12H,(H,22,23)/p-1/b11-8+. The van der Waals surface area contributed by atoms with Crippen molar-refractivity contribution in [3.8, 4) is 16.9 Å². The highest BCUT2D eigenvalue weighted by Gasteiger charge is 2.10. The van der Waals surface area contributed by atoms with Crippen molar-refractivity contribution in [1.82, 2.24) is 9.78 Å². The van der Waals surface area contributed by atoms with E-state index in [1.54, 1.807) is 23.0 Å². The number of carbonyl (C=O) groups is 1. The molecule has 114 valence electrons. The van der Waals surface area contributed by atoms with E-state index >= 15 is 0 Å². The SMILES string of the molecule is O=C([O-])/C=C/c1cn(-c2ccccc2)nc1-c1ccc(F)cc1. The van der Waals surface area contributed by atoms with Crippen LogP contribution in [-0.4, -0.2) is 15.7 Å². The third-order valence-electron chi connectivity index (χ3n) is 3.28. The lowest BCUT2D eigenvalue weighted by molar-refractivity contribution is -0.297. The molecule has 5 heteroatoms. The Kier molecular flexibility index (Phi) is 4.01. The number of halogens is 1. The van der Waals surface area contributed by atoms with Crippen molar-refractivity contribution in [3.63, 3.8) is 0 Å². The molecule has 2 aromatic carbocycles. The molecule has 0 fully saturated rings. The average molecular weight is 307 g/mol. The lowest BCUT2D eigenvalue weighted by atomic mass is 10.1. The van der Waals surface area contributed by atoms with Crippen LogP contribution in [0.3, 0.4) is 0 Å². The monoisotopic (exact) mass is 307 g/mol. The van der Waals surface area contributed by atoms with E-state index in [1.165, 1.54) is 18.2 Å². The molecule has 0 saturated heterocycles. The summed E-state index contributed by atoms with van der Waals surface area (Å²) in [6.45, 7) is 0. The molecule has 3 aromatic rings. The van der Waals surface area contributed by atoms with Gasteiger partial charge in [0.1, 0.15) is 5.82 Å². The van der Waals surface area contributed by atoms with Gasteiger partial charge in [0.05, 0.1) is 17.4 Å². The van der Waals surface area contributed by atoms with Crippen LogP contribution in [0, 0.1) is 5.82 Å². The van der Waals surface area contributed by atoms with E-state index in [-0.39, 0.29) is 5.82 Å². The van der Waals surface area contributed by atoms with E-state index < -0.39 is 5.97 Å². The molecule has 1 heterocycles. The van der Waals surface area contributed by atoms with Gasteiger partial charge in [-0.15, -0.1) is 0 Å². The summed E-state index contributed by atoms with van der Waals surface area (Å²) in [5.74, 6) is -1.63. The molecular formula is C18H12FN2O2-. The molecule has 0 saturated carbocycles. The van der Waals surface area contributed by atoms with Crippen molar-refractivity contribution in [2.75, 3.05) is 0 Å². The fraction of sp³-hybridized carbons (Fsp3) is 0. The molecule has 0 amide bonds. The minimum Gasteiger partial charge on any atom is -0.545 e. The summed E-state index contributed by atoms with van der Waals surface area (Å²) in [6.07, 6.45) is 4.08. The number of hydrogen-bond donors (Lipinski definition) is 0. The first-order chi connectivity index (χ1) is 11.1. The minimum absolute atomic E-state index is 0.344. The first-order valence-electron chi connectivity index (χ1n) is 6.93. The van der Waals surface area contributed by atoms with Crippen LogP contribution in [0.4, 0.5) is 4.39 Å². The number of aromatic nitrogens is 2. The first-order valence-corrected chi connectivity index (χ1v) is 6.93. The predicted molar refractivity (Wildman–Crippen MR) is 83.0 cm³/mol. The van der Waals surface area contributed by atoms with Crippen LogP contribution >= 0.6 is 0 Å². The number of benzene rings is 2. The molecule has 0 unspecified atom stereocenters. The van der Waals surface area contributed by atoms with Gasteiger partial charge in [-0.3, -0.25) is 0 Å².